The van der Waals surface area contributed by atoms with Gasteiger partial charge < -0.3 is 9.88 Å². The highest BCUT2D eigenvalue weighted by atomic mass is 15.1. The molecule has 0 bridgehead atoms. The van der Waals surface area contributed by atoms with Gasteiger partial charge in [0.1, 0.15) is 0 Å². The maximum atomic E-state index is 3.37. The molecule has 2 aromatic carbocycles. The second kappa shape index (κ2) is 5.38. The zero-order valence-electron chi connectivity index (χ0n) is 12.8. The molecule has 22 heavy (non-hydrogen) atoms. The number of para-hydroxylation sites is 1. The van der Waals surface area contributed by atoms with Crippen molar-refractivity contribution in [3.63, 3.8) is 0 Å². The average Bonchev–Trinajstić information content (AvgIpc) is 2.96. The molecule has 110 valence electrons. The Kier molecular flexibility index (Phi) is 3.23. The van der Waals surface area contributed by atoms with Crippen molar-refractivity contribution in [3.8, 4) is 0 Å². The third-order valence-corrected chi connectivity index (χ3v) is 4.48. The molecule has 0 saturated carbocycles. The number of aryl methyl sites for hydroxylation is 1. The monoisotopic (exact) mass is 288 g/mol. The fraction of sp³-hybridized carbons (Fsp3) is 0.200. The van der Waals surface area contributed by atoms with Gasteiger partial charge in [0.15, 0.2) is 0 Å². The van der Waals surface area contributed by atoms with Crippen LogP contribution in [0.25, 0.3) is 17.0 Å². The van der Waals surface area contributed by atoms with Crippen molar-refractivity contribution >= 4 is 22.7 Å². The van der Waals surface area contributed by atoms with E-state index in [4.69, 9.17) is 0 Å². The molecule has 0 radical (unpaired) electrons. The lowest BCUT2D eigenvalue weighted by Crippen LogP contribution is -2.28. The minimum atomic E-state index is 0.999. The summed E-state index contributed by atoms with van der Waals surface area (Å²) in [4.78, 5) is 5.85. The van der Waals surface area contributed by atoms with E-state index < -0.39 is 0 Å². The molecule has 1 aliphatic rings. The minimum absolute atomic E-state index is 0.999. The lowest BCUT2D eigenvalue weighted by molar-refractivity contribution is 0.834. The number of hydrogen-bond donors (Lipinski definition) is 1. The van der Waals surface area contributed by atoms with Crippen LogP contribution in [0.3, 0.4) is 0 Å². The van der Waals surface area contributed by atoms with Crippen molar-refractivity contribution in [2.24, 2.45) is 0 Å². The number of H-pyrrole nitrogens is 1. The van der Waals surface area contributed by atoms with Gasteiger partial charge in [-0.2, -0.15) is 0 Å². The van der Waals surface area contributed by atoms with Crippen molar-refractivity contribution in [1.29, 1.82) is 0 Å². The number of hydrogen-bond acceptors (Lipinski definition) is 1. The Bertz CT molecular complexity index is 842. The summed E-state index contributed by atoms with van der Waals surface area (Å²) >= 11 is 0. The molecule has 0 amide bonds. The number of anilines is 1. The van der Waals surface area contributed by atoms with Gasteiger partial charge in [0.05, 0.1) is 0 Å². The predicted molar refractivity (Wildman–Crippen MR) is 94.4 cm³/mol. The van der Waals surface area contributed by atoms with E-state index in [0.717, 1.165) is 19.5 Å². The van der Waals surface area contributed by atoms with Crippen LogP contribution in [0.1, 0.15) is 16.7 Å². The first-order valence-electron chi connectivity index (χ1n) is 7.88. The van der Waals surface area contributed by atoms with Crippen LogP contribution in [0.5, 0.6) is 0 Å². The van der Waals surface area contributed by atoms with Gasteiger partial charge in [-0.25, -0.2) is 0 Å². The maximum Gasteiger partial charge on any atom is 0.0456 e. The van der Waals surface area contributed by atoms with E-state index in [-0.39, 0.29) is 0 Å². The van der Waals surface area contributed by atoms with Gasteiger partial charge in [-0.05, 0) is 42.2 Å². The normalized spacial score (nSPS) is 13.6. The molecule has 1 N–H and O–H groups in total. The maximum absolute atomic E-state index is 3.37. The van der Waals surface area contributed by atoms with E-state index in [9.17, 15) is 0 Å². The molecule has 2 heteroatoms. The topological polar surface area (TPSA) is 19.0 Å². The molecule has 0 spiro atoms. The lowest BCUT2D eigenvalue weighted by Gasteiger charge is -2.28. The summed E-state index contributed by atoms with van der Waals surface area (Å²) < 4.78 is 0. The first kappa shape index (κ1) is 13.2. The molecule has 0 aliphatic carbocycles. The van der Waals surface area contributed by atoms with Gasteiger partial charge in [0, 0.05) is 35.9 Å². The third kappa shape index (κ3) is 2.31. The average molecular weight is 288 g/mol. The van der Waals surface area contributed by atoms with Crippen LogP contribution in [-0.2, 0) is 6.42 Å². The SMILES string of the molecule is Cc1ccc2c(c1)N(CCc1c[nH]c3ccccc13)CC=C2. The quantitative estimate of drug-likeness (QED) is 0.749. The second-order valence-corrected chi connectivity index (χ2v) is 6.02. The first-order chi connectivity index (χ1) is 10.8. The molecule has 0 fully saturated rings. The number of fused-ring (bicyclic) bond motifs is 2. The van der Waals surface area contributed by atoms with Gasteiger partial charge in [0.25, 0.3) is 0 Å². The Morgan fingerprint density at radius 2 is 2.05 bits per heavy atom. The molecule has 0 unspecified atom stereocenters. The van der Waals surface area contributed by atoms with Crippen LogP contribution < -0.4 is 4.90 Å². The zero-order valence-corrected chi connectivity index (χ0v) is 12.8. The van der Waals surface area contributed by atoms with Crippen LogP contribution in [0.2, 0.25) is 0 Å². The molecule has 0 atom stereocenters. The van der Waals surface area contributed by atoms with Crippen LogP contribution in [-0.4, -0.2) is 18.1 Å². The van der Waals surface area contributed by atoms with Crippen molar-refractivity contribution in [2.75, 3.05) is 18.0 Å². The van der Waals surface area contributed by atoms with E-state index in [1.165, 1.54) is 33.3 Å². The standard InChI is InChI=1S/C20H20N2/c1-15-8-9-16-5-4-11-22(20(16)13-15)12-10-17-14-21-19-7-3-2-6-18(17)19/h2-9,13-14,21H,10-12H2,1H3. The first-order valence-corrected chi connectivity index (χ1v) is 7.88. The van der Waals surface area contributed by atoms with Gasteiger partial charge >= 0.3 is 0 Å². The van der Waals surface area contributed by atoms with E-state index in [2.05, 4.69) is 77.6 Å². The van der Waals surface area contributed by atoms with Crippen LogP contribution in [0, 0.1) is 6.92 Å². The lowest BCUT2D eigenvalue weighted by atomic mass is 10.0. The number of benzene rings is 2. The van der Waals surface area contributed by atoms with Crippen molar-refractivity contribution < 1.29 is 0 Å². The molecule has 0 saturated heterocycles. The summed E-state index contributed by atoms with van der Waals surface area (Å²) in [7, 11) is 0. The second-order valence-electron chi connectivity index (χ2n) is 6.02. The largest absolute Gasteiger partial charge is 0.367 e. The van der Waals surface area contributed by atoms with Crippen molar-refractivity contribution in [1.82, 2.24) is 4.98 Å². The number of nitrogens with one attached hydrogen (secondary N) is 1. The molecule has 2 nitrogen and oxygen atoms in total. The fourth-order valence-corrected chi connectivity index (χ4v) is 3.28. The summed E-state index contributed by atoms with van der Waals surface area (Å²) in [5.74, 6) is 0. The highest BCUT2D eigenvalue weighted by Gasteiger charge is 2.13. The fourth-order valence-electron chi connectivity index (χ4n) is 3.28. The third-order valence-electron chi connectivity index (χ3n) is 4.48. The smallest absolute Gasteiger partial charge is 0.0456 e. The molecule has 4 rings (SSSR count). The Balaban J connectivity index is 1.58. The number of aromatic amines is 1. The molecular weight excluding hydrogens is 268 g/mol. The number of nitrogens with zero attached hydrogens (tertiary/aromatic N) is 1. The Hall–Kier alpha value is -2.48. The minimum Gasteiger partial charge on any atom is -0.367 e. The van der Waals surface area contributed by atoms with Crippen LogP contribution in [0.4, 0.5) is 5.69 Å². The van der Waals surface area contributed by atoms with E-state index in [1.807, 2.05) is 0 Å². The van der Waals surface area contributed by atoms with Crippen molar-refractivity contribution in [3.05, 3.63) is 71.4 Å². The molecule has 3 aromatic rings. The Labute approximate surface area is 131 Å². The predicted octanol–water partition coefficient (Wildman–Crippen LogP) is 4.55. The summed E-state index contributed by atoms with van der Waals surface area (Å²) in [5.41, 5.74) is 6.65. The summed E-state index contributed by atoms with van der Waals surface area (Å²) in [6.07, 6.45) is 7.71. The van der Waals surface area contributed by atoms with Gasteiger partial charge in [-0.3, -0.25) is 0 Å². The van der Waals surface area contributed by atoms with E-state index in [1.54, 1.807) is 0 Å². The van der Waals surface area contributed by atoms with Crippen LogP contribution >= 0.6 is 0 Å². The van der Waals surface area contributed by atoms with Gasteiger partial charge in [0.2, 0.25) is 0 Å². The van der Waals surface area contributed by atoms with E-state index in [0.29, 0.717) is 0 Å². The van der Waals surface area contributed by atoms with Crippen molar-refractivity contribution in [2.45, 2.75) is 13.3 Å². The molecular formula is C20H20N2. The Morgan fingerprint density at radius 1 is 1.14 bits per heavy atom. The molecule has 1 aliphatic heterocycles. The zero-order chi connectivity index (χ0) is 14.9. The summed E-state index contributed by atoms with van der Waals surface area (Å²) in [6, 6.07) is 15.2. The highest BCUT2D eigenvalue weighted by molar-refractivity contribution is 5.83. The Morgan fingerprint density at radius 3 is 3.00 bits per heavy atom. The molecule has 1 aromatic heterocycles. The summed E-state index contributed by atoms with van der Waals surface area (Å²) in [6.45, 7) is 4.21. The molecule has 2 heterocycles. The summed E-state index contributed by atoms with van der Waals surface area (Å²) in [5, 5.41) is 1.35. The van der Waals surface area contributed by atoms with Gasteiger partial charge in [-0.15, -0.1) is 0 Å². The number of aromatic nitrogens is 1. The van der Waals surface area contributed by atoms with Crippen LogP contribution in [0.15, 0.2) is 54.7 Å². The van der Waals surface area contributed by atoms with E-state index >= 15 is 0 Å². The number of rotatable bonds is 3. The highest BCUT2D eigenvalue weighted by Crippen LogP contribution is 2.27. The van der Waals surface area contributed by atoms with Gasteiger partial charge in [-0.1, -0.05) is 42.5 Å².